The molecule has 0 aliphatic rings. The summed E-state index contributed by atoms with van der Waals surface area (Å²) in [6.07, 6.45) is 1.05. The zero-order valence-corrected chi connectivity index (χ0v) is 18.6. The van der Waals surface area contributed by atoms with Gasteiger partial charge in [-0.2, -0.15) is 0 Å². The van der Waals surface area contributed by atoms with Crippen LogP contribution in [0.5, 0.6) is 0 Å². The molecule has 0 atom stereocenters. The topological polar surface area (TPSA) is 77.4 Å². The van der Waals surface area contributed by atoms with Gasteiger partial charge >= 0.3 is 5.97 Å². The summed E-state index contributed by atoms with van der Waals surface area (Å²) >= 11 is 0. The molecule has 1 aromatic heterocycles. The molecule has 0 aliphatic heterocycles. The first-order valence-corrected chi connectivity index (χ1v) is 10.4. The predicted molar refractivity (Wildman–Crippen MR) is 117 cm³/mol. The van der Waals surface area contributed by atoms with E-state index >= 15 is 0 Å². The van der Waals surface area contributed by atoms with Gasteiger partial charge in [0.25, 0.3) is 5.91 Å². The summed E-state index contributed by atoms with van der Waals surface area (Å²) in [7, 11) is 0. The quantitative estimate of drug-likeness (QED) is 0.473. The van der Waals surface area contributed by atoms with Crippen LogP contribution in [0.25, 0.3) is 0 Å². The van der Waals surface area contributed by atoms with Crippen molar-refractivity contribution in [1.82, 2.24) is 9.88 Å². The molecule has 0 unspecified atom stereocenters. The van der Waals surface area contributed by atoms with E-state index in [4.69, 9.17) is 4.74 Å². The van der Waals surface area contributed by atoms with E-state index in [1.54, 1.807) is 12.1 Å². The van der Waals surface area contributed by atoms with E-state index in [0.29, 0.717) is 17.0 Å². The summed E-state index contributed by atoms with van der Waals surface area (Å²) in [6.45, 7) is 10.8. The van der Waals surface area contributed by atoms with E-state index in [1.165, 1.54) is 0 Å². The normalized spacial score (nSPS) is 10.9. The van der Waals surface area contributed by atoms with Crippen molar-refractivity contribution in [1.29, 1.82) is 0 Å². The summed E-state index contributed by atoms with van der Waals surface area (Å²) in [5, 5.41) is 2.70. The van der Waals surface area contributed by atoms with Gasteiger partial charge in [0.15, 0.2) is 6.61 Å². The Morgan fingerprint density at radius 3 is 2.43 bits per heavy atom. The number of benzene rings is 1. The molecule has 0 spiro atoms. The van der Waals surface area contributed by atoms with Gasteiger partial charge in [-0.3, -0.25) is 14.4 Å². The van der Waals surface area contributed by atoms with Crippen LogP contribution < -0.4 is 5.32 Å². The largest absolute Gasteiger partial charge is 0.457 e. The number of rotatable bonds is 10. The van der Waals surface area contributed by atoms with E-state index in [9.17, 15) is 14.4 Å². The third-order valence-corrected chi connectivity index (χ3v) is 5.17. The molecule has 30 heavy (non-hydrogen) atoms. The highest BCUT2D eigenvalue weighted by Crippen LogP contribution is 2.18. The molecule has 0 fully saturated rings. The minimum Gasteiger partial charge on any atom is -0.457 e. The molecule has 1 N–H and O–H groups in total. The minimum atomic E-state index is -0.512. The van der Waals surface area contributed by atoms with Crippen molar-refractivity contribution in [2.45, 2.75) is 54.0 Å². The molecule has 0 radical (unpaired) electrons. The van der Waals surface area contributed by atoms with Gasteiger partial charge in [-0.05, 0) is 50.8 Å². The van der Waals surface area contributed by atoms with Crippen molar-refractivity contribution < 1.29 is 19.1 Å². The van der Waals surface area contributed by atoms with Crippen LogP contribution in [0, 0.1) is 26.7 Å². The van der Waals surface area contributed by atoms with Gasteiger partial charge in [0.05, 0.1) is 6.42 Å². The Balaban J connectivity index is 1.81. The smallest absolute Gasteiger partial charge is 0.308 e. The van der Waals surface area contributed by atoms with Crippen molar-refractivity contribution >= 4 is 17.7 Å². The summed E-state index contributed by atoms with van der Waals surface area (Å²) in [4.78, 5) is 36.6. The number of amides is 1. The lowest BCUT2D eigenvalue weighted by atomic mass is 10.1. The number of Topliss-reactive ketones (excluding diaryl/α,β-unsaturated/α-hetero) is 1. The molecule has 1 amide bonds. The van der Waals surface area contributed by atoms with Crippen molar-refractivity contribution in [2.24, 2.45) is 5.92 Å². The van der Waals surface area contributed by atoms with Crippen molar-refractivity contribution in [3.63, 3.8) is 0 Å². The number of carbonyl (C=O) groups is 3. The van der Waals surface area contributed by atoms with Crippen LogP contribution in [-0.2, 0) is 16.1 Å². The Kier molecular flexibility index (Phi) is 8.39. The third kappa shape index (κ3) is 6.31. The molecule has 0 bridgehead atoms. The molecule has 6 nitrogen and oxygen atoms in total. The van der Waals surface area contributed by atoms with E-state index in [1.807, 2.05) is 39.0 Å². The molecule has 0 aliphatic carbocycles. The summed E-state index contributed by atoms with van der Waals surface area (Å²) in [5.74, 6) is -0.373. The van der Waals surface area contributed by atoms with Gasteiger partial charge in [0.2, 0.25) is 5.78 Å². The molecule has 2 rings (SSSR count). The first-order chi connectivity index (χ1) is 14.2. The van der Waals surface area contributed by atoms with Crippen LogP contribution in [0.2, 0.25) is 0 Å². The predicted octanol–water partition coefficient (Wildman–Crippen LogP) is 4.01. The third-order valence-electron chi connectivity index (χ3n) is 5.17. The summed E-state index contributed by atoms with van der Waals surface area (Å²) < 4.78 is 7.26. The van der Waals surface area contributed by atoms with Crippen molar-refractivity contribution in [2.75, 3.05) is 13.2 Å². The first-order valence-electron chi connectivity index (χ1n) is 10.4. The van der Waals surface area contributed by atoms with Crippen LogP contribution >= 0.6 is 0 Å². The maximum atomic E-state index is 12.5. The maximum absolute atomic E-state index is 12.5. The van der Waals surface area contributed by atoms with Gasteiger partial charge in [0, 0.05) is 35.6 Å². The Morgan fingerprint density at radius 1 is 1.07 bits per heavy atom. The van der Waals surface area contributed by atoms with Gasteiger partial charge < -0.3 is 14.6 Å². The van der Waals surface area contributed by atoms with Crippen LogP contribution in [-0.4, -0.2) is 35.4 Å². The van der Waals surface area contributed by atoms with E-state index in [0.717, 1.165) is 29.9 Å². The minimum absolute atomic E-state index is 0.0122. The number of aromatic nitrogens is 1. The fourth-order valence-electron chi connectivity index (χ4n) is 3.31. The Morgan fingerprint density at radius 2 is 1.77 bits per heavy atom. The maximum Gasteiger partial charge on any atom is 0.308 e. The lowest BCUT2D eigenvalue weighted by Crippen LogP contribution is -2.27. The molecular weight excluding hydrogens is 380 g/mol. The molecule has 0 saturated heterocycles. The molecule has 0 saturated carbocycles. The highest BCUT2D eigenvalue weighted by molar-refractivity contribution is 5.99. The number of carbonyl (C=O) groups excluding carboxylic acids is 3. The highest BCUT2D eigenvalue weighted by Gasteiger charge is 2.17. The van der Waals surface area contributed by atoms with Gasteiger partial charge in [-0.1, -0.05) is 32.0 Å². The molecule has 6 heteroatoms. The Labute approximate surface area is 178 Å². The average molecular weight is 413 g/mol. The van der Waals surface area contributed by atoms with Crippen LogP contribution in [0.1, 0.15) is 64.4 Å². The fourth-order valence-corrected chi connectivity index (χ4v) is 3.31. The number of nitrogens with zero attached hydrogens (tertiary/aromatic N) is 1. The van der Waals surface area contributed by atoms with Gasteiger partial charge in [-0.15, -0.1) is 0 Å². The first kappa shape index (κ1) is 23.4. The van der Waals surface area contributed by atoms with E-state index in [2.05, 4.69) is 23.7 Å². The second-order valence-electron chi connectivity index (χ2n) is 8.02. The van der Waals surface area contributed by atoms with Gasteiger partial charge in [-0.25, -0.2) is 0 Å². The summed E-state index contributed by atoms with van der Waals surface area (Å²) in [5.41, 5.74) is 3.97. The monoisotopic (exact) mass is 412 g/mol. The number of ether oxygens (including phenoxy) is 1. The van der Waals surface area contributed by atoms with Gasteiger partial charge in [0.1, 0.15) is 0 Å². The number of esters is 1. The standard InChI is InChI=1S/C24H32N2O4/c1-16(2)11-13-26-18(4)14-21(19(26)5)22(27)15-30-23(28)10-12-25-24(29)20-9-7-6-8-17(20)3/h6-9,14,16H,10-13,15H2,1-5H3,(H,25,29). The lowest BCUT2D eigenvalue weighted by molar-refractivity contribution is -0.142. The lowest BCUT2D eigenvalue weighted by Gasteiger charge is -2.11. The average Bonchev–Trinajstić information content (AvgIpc) is 2.98. The van der Waals surface area contributed by atoms with Crippen LogP contribution in [0.3, 0.4) is 0 Å². The zero-order valence-electron chi connectivity index (χ0n) is 18.6. The summed E-state index contributed by atoms with van der Waals surface area (Å²) in [6, 6.07) is 9.10. The van der Waals surface area contributed by atoms with Crippen molar-refractivity contribution in [3.8, 4) is 0 Å². The van der Waals surface area contributed by atoms with Crippen molar-refractivity contribution in [3.05, 3.63) is 58.4 Å². The second kappa shape index (κ2) is 10.8. The van der Waals surface area contributed by atoms with E-state index in [-0.39, 0.29) is 31.3 Å². The molecule has 2 aromatic rings. The zero-order chi connectivity index (χ0) is 22.3. The highest BCUT2D eigenvalue weighted by atomic mass is 16.5. The Bertz CT molecular complexity index is 912. The van der Waals surface area contributed by atoms with Crippen LogP contribution in [0.4, 0.5) is 0 Å². The fraction of sp³-hybridized carbons (Fsp3) is 0.458. The SMILES string of the molecule is Cc1ccccc1C(=O)NCCC(=O)OCC(=O)c1cc(C)n(CCC(C)C)c1C. The number of nitrogens with one attached hydrogen (secondary N) is 1. The molecular formula is C24H32N2O4. The second-order valence-corrected chi connectivity index (χ2v) is 8.02. The molecule has 162 valence electrons. The Hall–Kier alpha value is -2.89. The number of aryl methyl sites for hydroxylation is 2. The molecule has 1 aromatic carbocycles. The number of hydrogen-bond acceptors (Lipinski definition) is 4. The van der Waals surface area contributed by atoms with Crippen LogP contribution in [0.15, 0.2) is 30.3 Å². The molecule has 1 heterocycles. The van der Waals surface area contributed by atoms with E-state index < -0.39 is 5.97 Å². The number of ketones is 1. The number of hydrogen-bond donors (Lipinski definition) is 1.